The van der Waals surface area contributed by atoms with Crippen LogP contribution in [0, 0.1) is 11.3 Å². The minimum absolute atomic E-state index is 0.159. The van der Waals surface area contributed by atoms with Gasteiger partial charge in [-0.05, 0) is 18.8 Å². The lowest BCUT2D eigenvalue weighted by Gasteiger charge is -2.39. The fraction of sp³-hybridized carbons (Fsp3) is 0.938. The van der Waals surface area contributed by atoms with Crippen LogP contribution in [0.1, 0.15) is 53.4 Å². The molecule has 1 amide bonds. The van der Waals surface area contributed by atoms with Crippen LogP contribution < -0.4 is 11.1 Å². The van der Waals surface area contributed by atoms with Crippen LogP contribution in [0.15, 0.2) is 0 Å². The third-order valence-corrected chi connectivity index (χ3v) is 4.04. The monoisotopic (exact) mass is 283 g/mol. The summed E-state index contributed by atoms with van der Waals surface area (Å²) in [4.78, 5) is 14.6. The molecule has 1 heterocycles. The average molecular weight is 283 g/mol. The van der Waals surface area contributed by atoms with Gasteiger partial charge in [-0.1, -0.05) is 40.5 Å². The Hall–Kier alpha value is -0.610. The molecule has 4 heteroatoms. The third kappa shape index (κ3) is 5.80. The van der Waals surface area contributed by atoms with Gasteiger partial charge in [0.2, 0.25) is 5.91 Å². The first-order chi connectivity index (χ1) is 9.36. The highest BCUT2D eigenvalue weighted by Crippen LogP contribution is 2.23. The van der Waals surface area contributed by atoms with E-state index in [1.807, 2.05) is 20.8 Å². The summed E-state index contributed by atoms with van der Waals surface area (Å²) < 4.78 is 0. The lowest BCUT2D eigenvalue weighted by Crippen LogP contribution is -2.53. The summed E-state index contributed by atoms with van der Waals surface area (Å²) in [6.07, 6.45) is 4.90. The topological polar surface area (TPSA) is 58.4 Å². The van der Waals surface area contributed by atoms with Gasteiger partial charge in [0.05, 0.1) is 0 Å². The molecule has 0 radical (unpaired) electrons. The van der Waals surface area contributed by atoms with Gasteiger partial charge in [0.1, 0.15) is 0 Å². The van der Waals surface area contributed by atoms with E-state index in [0.29, 0.717) is 12.5 Å². The number of nitrogens with two attached hydrogens (primary N) is 1. The Morgan fingerprint density at radius 2 is 2.05 bits per heavy atom. The molecule has 0 aromatic heterocycles. The lowest BCUT2D eigenvalue weighted by atomic mass is 9.88. The number of piperidine rings is 1. The molecule has 0 spiro atoms. The first-order valence-corrected chi connectivity index (χ1v) is 8.10. The zero-order valence-corrected chi connectivity index (χ0v) is 13.7. The number of rotatable bonds is 6. The molecule has 1 saturated heterocycles. The lowest BCUT2D eigenvalue weighted by molar-refractivity contribution is -0.129. The van der Waals surface area contributed by atoms with Crippen molar-refractivity contribution >= 4 is 5.91 Å². The van der Waals surface area contributed by atoms with E-state index in [-0.39, 0.29) is 17.4 Å². The Balaban J connectivity index is 2.57. The first-order valence-electron chi connectivity index (χ1n) is 8.10. The maximum absolute atomic E-state index is 12.2. The van der Waals surface area contributed by atoms with Crippen LogP contribution in [0.4, 0.5) is 0 Å². The highest BCUT2D eigenvalue weighted by molar-refractivity contribution is 5.81. The summed E-state index contributed by atoms with van der Waals surface area (Å²) in [6, 6.07) is 0.281. The molecule has 0 bridgehead atoms. The third-order valence-electron chi connectivity index (χ3n) is 4.04. The van der Waals surface area contributed by atoms with E-state index >= 15 is 0 Å². The average Bonchev–Trinajstić information content (AvgIpc) is 2.35. The molecular weight excluding hydrogens is 250 g/mol. The Labute approximate surface area is 124 Å². The van der Waals surface area contributed by atoms with Gasteiger partial charge in [0, 0.05) is 37.6 Å². The predicted octanol–water partition coefficient (Wildman–Crippen LogP) is 1.99. The summed E-state index contributed by atoms with van der Waals surface area (Å²) in [5, 5.41) is 3.23. The minimum atomic E-state index is -0.310. The molecule has 1 aliphatic heterocycles. The maximum Gasteiger partial charge on any atom is 0.225 e. The van der Waals surface area contributed by atoms with Crippen LogP contribution in [-0.2, 0) is 4.79 Å². The van der Waals surface area contributed by atoms with Crippen LogP contribution in [0.5, 0.6) is 0 Å². The van der Waals surface area contributed by atoms with E-state index < -0.39 is 0 Å². The van der Waals surface area contributed by atoms with Crippen molar-refractivity contribution in [1.29, 1.82) is 0 Å². The van der Waals surface area contributed by atoms with Crippen molar-refractivity contribution in [3.05, 3.63) is 0 Å². The zero-order chi connectivity index (χ0) is 15.2. The molecular formula is C16H33N3O. The number of carbonyl (C=O) groups excluding carboxylic acids is 1. The van der Waals surface area contributed by atoms with E-state index in [1.165, 1.54) is 19.3 Å². The molecule has 2 unspecified atom stereocenters. The summed E-state index contributed by atoms with van der Waals surface area (Å²) in [5.41, 5.74) is 5.38. The number of hydrogen-bond donors (Lipinski definition) is 2. The van der Waals surface area contributed by atoms with Gasteiger partial charge in [-0.2, -0.15) is 0 Å². The highest BCUT2D eigenvalue weighted by Gasteiger charge is 2.30. The molecule has 0 aromatic rings. The fourth-order valence-corrected chi connectivity index (χ4v) is 2.88. The maximum atomic E-state index is 12.2. The summed E-state index contributed by atoms with van der Waals surface area (Å²) in [5.74, 6) is 0.854. The van der Waals surface area contributed by atoms with E-state index in [0.717, 1.165) is 26.1 Å². The van der Waals surface area contributed by atoms with Gasteiger partial charge in [-0.3, -0.25) is 9.69 Å². The number of unbranched alkanes of at least 4 members (excludes halogenated alkanes) is 1. The predicted molar refractivity (Wildman–Crippen MR) is 84.5 cm³/mol. The highest BCUT2D eigenvalue weighted by atomic mass is 16.2. The Kier molecular flexibility index (Phi) is 6.96. The van der Waals surface area contributed by atoms with E-state index in [1.54, 1.807) is 0 Å². The van der Waals surface area contributed by atoms with Gasteiger partial charge >= 0.3 is 0 Å². The van der Waals surface area contributed by atoms with Crippen LogP contribution >= 0.6 is 0 Å². The second-order valence-electron chi connectivity index (χ2n) is 7.21. The Bertz CT molecular complexity index is 299. The number of nitrogens with one attached hydrogen (secondary N) is 1. The smallest absolute Gasteiger partial charge is 0.225 e. The van der Waals surface area contributed by atoms with Crippen molar-refractivity contribution in [2.24, 2.45) is 17.1 Å². The van der Waals surface area contributed by atoms with E-state index in [2.05, 4.69) is 17.1 Å². The number of amides is 1. The summed E-state index contributed by atoms with van der Waals surface area (Å²) >= 11 is 0. The standard InChI is InChI=1S/C16H33N3O/c1-5-6-7-13-10-14(12-19(11-13)9-8-17)18-15(20)16(2,3)4/h13-14H,5-12,17H2,1-4H3,(H,18,20). The van der Waals surface area contributed by atoms with E-state index in [9.17, 15) is 4.79 Å². The van der Waals surface area contributed by atoms with Gasteiger partial charge in [0.15, 0.2) is 0 Å². The zero-order valence-electron chi connectivity index (χ0n) is 13.7. The van der Waals surface area contributed by atoms with E-state index in [4.69, 9.17) is 5.73 Å². The van der Waals surface area contributed by atoms with Crippen LogP contribution in [-0.4, -0.2) is 43.0 Å². The quantitative estimate of drug-likeness (QED) is 0.784. The van der Waals surface area contributed by atoms with Gasteiger partial charge in [0.25, 0.3) is 0 Å². The molecule has 0 saturated carbocycles. The van der Waals surface area contributed by atoms with Gasteiger partial charge < -0.3 is 11.1 Å². The molecule has 1 fully saturated rings. The Morgan fingerprint density at radius 1 is 1.35 bits per heavy atom. The molecule has 0 aromatic carbocycles. The summed E-state index contributed by atoms with van der Waals surface area (Å²) in [6.45, 7) is 11.9. The molecule has 4 nitrogen and oxygen atoms in total. The molecule has 3 N–H and O–H groups in total. The van der Waals surface area contributed by atoms with Crippen molar-refractivity contribution in [3.63, 3.8) is 0 Å². The molecule has 0 aliphatic carbocycles. The Morgan fingerprint density at radius 3 is 2.60 bits per heavy atom. The second-order valence-corrected chi connectivity index (χ2v) is 7.21. The SMILES string of the molecule is CCCCC1CC(NC(=O)C(C)(C)C)CN(CCN)C1. The normalized spacial score (nSPS) is 24.6. The molecule has 1 rings (SSSR count). The van der Waals surface area contributed by atoms with Crippen molar-refractivity contribution < 1.29 is 4.79 Å². The van der Waals surface area contributed by atoms with Crippen LogP contribution in [0.3, 0.4) is 0 Å². The minimum Gasteiger partial charge on any atom is -0.352 e. The van der Waals surface area contributed by atoms with Crippen molar-refractivity contribution in [2.75, 3.05) is 26.2 Å². The second kappa shape index (κ2) is 7.99. The van der Waals surface area contributed by atoms with Crippen LogP contribution in [0.25, 0.3) is 0 Å². The van der Waals surface area contributed by atoms with Crippen LogP contribution in [0.2, 0.25) is 0 Å². The van der Waals surface area contributed by atoms with Gasteiger partial charge in [-0.15, -0.1) is 0 Å². The number of nitrogens with zero attached hydrogens (tertiary/aromatic N) is 1. The molecule has 20 heavy (non-hydrogen) atoms. The fourth-order valence-electron chi connectivity index (χ4n) is 2.88. The van der Waals surface area contributed by atoms with Crippen molar-refractivity contribution in [2.45, 2.75) is 59.4 Å². The summed E-state index contributed by atoms with van der Waals surface area (Å²) in [7, 11) is 0. The van der Waals surface area contributed by atoms with Gasteiger partial charge in [-0.25, -0.2) is 0 Å². The first kappa shape index (κ1) is 17.4. The number of hydrogen-bond acceptors (Lipinski definition) is 3. The largest absolute Gasteiger partial charge is 0.352 e. The number of carbonyl (C=O) groups is 1. The van der Waals surface area contributed by atoms with Crippen molar-refractivity contribution in [1.82, 2.24) is 10.2 Å². The molecule has 1 aliphatic rings. The number of likely N-dealkylation sites (tertiary alicyclic amines) is 1. The molecule has 2 atom stereocenters. The molecule has 118 valence electrons. The van der Waals surface area contributed by atoms with Crippen molar-refractivity contribution in [3.8, 4) is 0 Å².